The Kier molecular flexibility index (Phi) is 10.2. The SMILES string of the molecule is CC(C)Cc1ccc2c(c1)c1cc(CC(C)C)cc3c1n2-c1c2c4c(c5c1B3c1cc(-c3ccccc3)ccc1O5)-n1c3ccc(CC(C)C)cc3c3cc(CC(C)C)cc(c31)B4c1cc(-c3ccccc3)ccc1O2. The number of nitrogens with zero attached hydrogens (tertiary/aromatic N) is 2. The maximum Gasteiger partial charge on any atom is 0.256 e. The minimum Gasteiger partial charge on any atom is -0.456 e. The van der Waals surface area contributed by atoms with Crippen molar-refractivity contribution >= 4 is 89.8 Å². The molecule has 6 heterocycles. The molecular weight excluding hydrogens is 922 g/mol. The van der Waals surface area contributed by atoms with Gasteiger partial charge in [-0.05, 0) is 164 Å². The molecule has 0 fully saturated rings. The van der Waals surface area contributed by atoms with Crippen LogP contribution in [0.4, 0.5) is 0 Å². The van der Waals surface area contributed by atoms with Gasteiger partial charge in [-0.3, -0.25) is 0 Å². The van der Waals surface area contributed by atoms with Crippen LogP contribution in [0.15, 0.2) is 158 Å². The third-order valence-electron chi connectivity index (χ3n) is 17.0. The highest BCUT2D eigenvalue weighted by Gasteiger charge is 2.51. The number of hydrogen-bond acceptors (Lipinski definition) is 2. The zero-order valence-electron chi connectivity index (χ0n) is 45.0. The molecule has 0 amide bonds. The first-order chi connectivity index (χ1) is 36.9. The largest absolute Gasteiger partial charge is 0.456 e. The van der Waals surface area contributed by atoms with Crippen molar-refractivity contribution < 1.29 is 9.47 Å². The van der Waals surface area contributed by atoms with Crippen molar-refractivity contribution in [3.63, 3.8) is 0 Å². The molecule has 0 saturated heterocycles. The van der Waals surface area contributed by atoms with Gasteiger partial charge in [0.1, 0.15) is 23.0 Å². The monoisotopic (exact) mass is 984 g/mol. The molecule has 0 unspecified atom stereocenters. The first kappa shape index (κ1) is 45.7. The van der Waals surface area contributed by atoms with Crippen molar-refractivity contribution in [2.24, 2.45) is 23.7 Å². The van der Waals surface area contributed by atoms with Gasteiger partial charge < -0.3 is 18.6 Å². The van der Waals surface area contributed by atoms with E-state index in [0.717, 1.165) is 60.1 Å². The molecule has 6 heteroatoms. The highest BCUT2D eigenvalue weighted by atomic mass is 16.5. The Hall–Kier alpha value is -7.69. The van der Waals surface area contributed by atoms with E-state index in [2.05, 4.69) is 222 Å². The normalized spacial score (nSPS) is 13.6. The van der Waals surface area contributed by atoms with Crippen molar-refractivity contribution in [3.05, 3.63) is 180 Å². The van der Waals surface area contributed by atoms with Crippen molar-refractivity contribution in [1.82, 2.24) is 9.13 Å². The third kappa shape index (κ3) is 6.78. The predicted molar refractivity (Wildman–Crippen MR) is 323 cm³/mol. The molecule has 370 valence electrons. The lowest BCUT2D eigenvalue weighted by atomic mass is 9.31. The average Bonchev–Trinajstić information content (AvgIpc) is 4.08. The second-order valence-corrected chi connectivity index (χ2v) is 24.4. The van der Waals surface area contributed by atoms with E-state index in [-0.39, 0.29) is 13.4 Å². The summed E-state index contributed by atoms with van der Waals surface area (Å²) >= 11 is 0. The van der Waals surface area contributed by atoms with Gasteiger partial charge in [0.05, 0.1) is 22.4 Å². The predicted octanol–water partition coefficient (Wildman–Crippen LogP) is 13.9. The Morgan fingerprint density at radius 2 is 0.737 bits per heavy atom. The maximum atomic E-state index is 7.85. The van der Waals surface area contributed by atoms with E-state index in [4.69, 9.17) is 9.47 Å². The molecule has 0 N–H and O–H groups in total. The summed E-state index contributed by atoms with van der Waals surface area (Å²) in [5.74, 6) is 5.74. The van der Waals surface area contributed by atoms with Gasteiger partial charge in [-0.25, -0.2) is 0 Å². The van der Waals surface area contributed by atoms with E-state index in [1.54, 1.807) is 0 Å². The van der Waals surface area contributed by atoms with Gasteiger partial charge >= 0.3 is 0 Å². The highest BCUT2D eigenvalue weighted by molar-refractivity contribution is 7.02. The zero-order chi connectivity index (χ0) is 51.4. The summed E-state index contributed by atoms with van der Waals surface area (Å²) in [4.78, 5) is 0. The van der Waals surface area contributed by atoms with Crippen LogP contribution < -0.4 is 42.3 Å². The van der Waals surface area contributed by atoms with Crippen LogP contribution in [0.1, 0.15) is 77.6 Å². The Labute approximate surface area is 447 Å². The van der Waals surface area contributed by atoms with Crippen molar-refractivity contribution in [2.45, 2.75) is 81.1 Å². The molecule has 76 heavy (non-hydrogen) atoms. The number of fused-ring (bicyclic) bond motifs is 16. The fourth-order valence-electron chi connectivity index (χ4n) is 14.3. The smallest absolute Gasteiger partial charge is 0.256 e. The van der Waals surface area contributed by atoms with E-state index in [1.807, 2.05) is 0 Å². The van der Waals surface area contributed by atoms with E-state index >= 15 is 0 Å². The Bertz CT molecular complexity index is 3980. The van der Waals surface area contributed by atoms with Gasteiger partial charge in [-0.15, -0.1) is 0 Å². The van der Waals surface area contributed by atoms with Gasteiger partial charge in [-0.1, -0.05) is 165 Å². The minimum atomic E-state index is -0.144. The van der Waals surface area contributed by atoms with Gasteiger partial charge in [0.25, 0.3) is 13.4 Å². The Morgan fingerprint density at radius 3 is 1.13 bits per heavy atom. The molecule has 2 aromatic heterocycles. The number of hydrogen-bond donors (Lipinski definition) is 0. The van der Waals surface area contributed by atoms with Crippen molar-refractivity contribution in [2.75, 3.05) is 0 Å². The summed E-state index contributed by atoms with van der Waals surface area (Å²) in [7, 11) is 0. The number of rotatable bonds is 10. The maximum absolute atomic E-state index is 7.85. The molecular formula is C70H62B2N2O2. The molecule has 11 aromatic rings. The first-order valence-corrected chi connectivity index (χ1v) is 28.1. The molecule has 9 aromatic carbocycles. The van der Waals surface area contributed by atoms with Crippen LogP contribution in [0.5, 0.6) is 23.0 Å². The molecule has 4 aliphatic rings. The van der Waals surface area contributed by atoms with Gasteiger partial charge in [-0.2, -0.15) is 0 Å². The van der Waals surface area contributed by atoms with Crippen LogP contribution in [-0.2, 0) is 25.7 Å². The number of ether oxygens (including phenoxy) is 2. The molecule has 0 atom stereocenters. The van der Waals surface area contributed by atoms with E-state index in [0.29, 0.717) is 23.7 Å². The van der Waals surface area contributed by atoms with E-state index < -0.39 is 0 Å². The summed E-state index contributed by atoms with van der Waals surface area (Å²) in [5.41, 5.74) is 24.9. The number of benzene rings is 9. The lowest BCUT2D eigenvalue weighted by Crippen LogP contribution is -2.63. The van der Waals surface area contributed by atoms with Crippen LogP contribution in [0.2, 0.25) is 0 Å². The fraction of sp³-hybridized carbons (Fsp3) is 0.229. The summed E-state index contributed by atoms with van der Waals surface area (Å²) in [6.07, 6.45) is 4.03. The van der Waals surface area contributed by atoms with Crippen LogP contribution in [0, 0.1) is 23.7 Å². The number of aromatic nitrogens is 2. The van der Waals surface area contributed by atoms with E-state index in [9.17, 15) is 0 Å². The van der Waals surface area contributed by atoms with Gasteiger partial charge in [0.2, 0.25) is 0 Å². The average molecular weight is 985 g/mol. The summed E-state index contributed by atoms with van der Waals surface area (Å²) in [5, 5.41) is 5.24. The van der Waals surface area contributed by atoms with Gasteiger partial charge in [0.15, 0.2) is 0 Å². The quantitative estimate of drug-likeness (QED) is 0.128. The topological polar surface area (TPSA) is 28.3 Å². The van der Waals surface area contributed by atoms with Gasteiger partial charge in [0, 0.05) is 43.5 Å². The molecule has 15 rings (SSSR count). The second kappa shape index (κ2) is 16.9. The third-order valence-corrected chi connectivity index (χ3v) is 17.0. The molecule has 4 aliphatic heterocycles. The lowest BCUT2D eigenvalue weighted by Gasteiger charge is -2.41. The second-order valence-electron chi connectivity index (χ2n) is 24.4. The Morgan fingerprint density at radius 1 is 0.355 bits per heavy atom. The summed E-state index contributed by atoms with van der Waals surface area (Å²) in [6, 6.07) is 60.4. The first-order valence-electron chi connectivity index (χ1n) is 28.1. The fourth-order valence-corrected chi connectivity index (χ4v) is 14.3. The minimum absolute atomic E-state index is 0.144. The van der Waals surface area contributed by atoms with Crippen LogP contribution in [0.25, 0.3) is 77.2 Å². The zero-order valence-corrected chi connectivity index (χ0v) is 45.0. The van der Waals surface area contributed by atoms with Crippen LogP contribution in [0.3, 0.4) is 0 Å². The summed E-state index contributed by atoms with van der Waals surface area (Å²) < 4.78 is 20.9. The molecule has 0 aliphatic carbocycles. The summed E-state index contributed by atoms with van der Waals surface area (Å²) in [6.45, 7) is 18.4. The highest BCUT2D eigenvalue weighted by Crippen LogP contribution is 2.49. The molecule has 0 spiro atoms. The van der Waals surface area contributed by atoms with Crippen LogP contribution >= 0.6 is 0 Å². The standard InChI is InChI=1S/C70H62B2N2O2/c1-39(2)27-43-19-23-59-51(31-43)53-33-45(29-41(5)6)35-57-65(53)73(59)67-63-70(76-61-25-21-49(37-55(61)71(57)63)47-15-11-9-12-16-47)68-64-69(67)75-62-26-22-50(48-17-13-10-14-18-48)38-56(62)72(64)58-36-46(30-42(7)8)34-54-52-32-44(28-40(3)4)20-24-60(52)74(68)66(54)58/h9-26,31-42H,27-30H2,1-8H3. The van der Waals surface area contributed by atoms with Crippen molar-refractivity contribution in [1.29, 1.82) is 0 Å². The Balaban J connectivity index is 1.13. The van der Waals surface area contributed by atoms with Crippen LogP contribution in [-0.4, -0.2) is 22.6 Å². The molecule has 0 saturated carbocycles. The van der Waals surface area contributed by atoms with E-state index in [1.165, 1.54) is 121 Å². The molecule has 0 radical (unpaired) electrons. The molecule has 4 nitrogen and oxygen atoms in total. The lowest BCUT2D eigenvalue weighted by molar-refractivity contribution is 0.472. The van der Waals surface area contributed by atoms with Crippen molar-refractivity contribution in [3.8, 4) is 56.6 Å². The molecule has 0 bridgehead atoms.